The van der Waals surface area contributed by atoms with Crippen LogP contribution < -0.4 is 14.8 Å². The van der Waals surface area contributed by atoms with Crippen LogP contribution >= 0.6 is 23.8 Å². The number of halogens is 1. The van der Waals surface area contributed by atoms with Crippen molar-refractivity contribution in [2.45, 2.75) is 20.0 Å². The summed E-state index contributed by atoms with van der Waals surface area (Å²) in [6.07, 6.45) is 3.60. The highest BCUT2D eigenvalue weighted by atomic mass is 35.5. The molecule has 0 fully saturated rings. The number of aryl methyl sites for hydroxylation is 1. The van der Waals surface area contributed by atoms with Crippen molar-refractivity contribution < 1.29 is 9.47 Å². The van der Waals surface area contributed by atoms with Crippen LogP contribution in [0.25, 0.3) is 0 Å². The van der Waals surface area contributed by atoms with Gasteiger partial charge in [-0.15, -0.1) is 0 Å². The number of benzene rings is 2. The van der Waals surface area contributed by atoms with Crippen molar-refractivity contribution in [3.63, 3.8) is 0 Å². The molecule has 7 heteroatoms. The number of aromatic nitrogens is 1. The van der Waals surface area contributed by atoms with E-state index >= 15 is 0 Å². The van der Waals surface area contributed by atoms with E-state index in [0.29, 0.717) is 23.2 Å². The zero-order valence-corrected chi connectivity index (χ0v) is 17.5. The molecule has 0 saturated heterocycles. The van der Waals surface area contributed by atoms with Gasteiger partial charge >= 0.3 is 0 Å². The molecule has 0 atom stereocenters. The number of fused-ring (bicyclic) bond motifs is 1. The number of hydrogen-bond donors (Lipinski definition) is 1. The summed E-state index contributed by atoms with van der Waals surface area (Å²) in [6.45, 7) is 3.46. The van der Waals surface area contributed by atoms with E-state index in [2.05, 4.69) is 15.2 Å². The number of hydrogen-bond acceptors (Lipinski definition) is 4. The first-order valence-electron chi connectivity index (χ1n) is 9.18. The molecule has 0 aliphatic carbocycles. The normalized spacial score (nSPS) is 11.9. The number of anilines is 1. The topological polar surface area (TPSA) is 46.6 Å². The van der Waals surface area contributed by atoms with E-state index in [1.807, 2.05) is 61.7 Å². The lowest BCUT2D eigenvalue weighted by Crippen LogP contribution is -2.34. The molecule has 1 aliphatic heterocycles. The maximum Gasteiger partial charge on any atom is 0.231 e. The van der Waals surface area contributed by atoms with E-state index in [-0.39, 0.29) is 6.79 Å². The maximum atomic E-state index is 6.38. The second kappa shape index (κ2) is 8.68. The Hall–Kier alpha value is -2.83. The molecule has 29 heavy (non-hydrogen) atoms. The quantitative estimate of drug-likeness (QED) is 0.569. The number of nitrogens with zero attached hydrogens (tertiary/aromatic N) is 2. The summed E-state index contributed by atoms with van der Waals surface area (Å²) in [6, 6.07) is 15.7. The third-order valence-electron chi connectivity index (χ3n) is 4.65. The highest BCUT2D eigenvalue weighted by Crippen LogP contribution is 2.33. The van der Waals surface area contributed by atoms with E-state index in [1.54, 1.807) is 6.20 Å². The van der Waals surface area contributed by atoms with Crippen LogP contribution in [0.4, 0.5) is 5.69 Å². The molecule has 5 nitrogen and oxygen atoms in total. The molecule has 0 spiro atoms. The summed E-state index contributed by atoms with van der Waals surface area (Å²) in [7, 11) is 0. The van der Waals surface area contributed by atoms with Crippen LogP contribution in [0.15, 0.2) is 60.9 Å². The molecule has 0 radical (unpaired) electrons. The standard InChI is InChI=1S/C22H20ClN3O2S/c1-15-4-2-6-18(23)21(15)25-22(29)26(13-17-5-3-9-24-11-17)12-16-7-8-19-20(10-16)28-14-27-19/h2-11H,12-14H2,1H3,(H,25,29). The van der Waals surface area contributed by atoms with Crippen molar-refractivity contribution in [2.24, 2.45) is 0 Å². The molecule has 3 aromatic rings. The first kappa shape index (κ1) is 19.5. The predicted octanol–water partition coefficient (Wildman–Crippen LogP) is 5.17. The number of ether oxygens (including phenoxy) is 2. The van der Waals surface area contributed by atoms with Crippen LogP contribution in [0.1, 0.15) is 16.7 Å². The van der Waals surface area contributed by atoms with Gasteiger partial charge in [0.15, 0.2) is 16.6 Å². The van der Waals surface area contributed by atoms with E-state index in [0.717, 1.165) is 33.9 Å². The molecule has 2 aromatic carbocycles. The SMILES string of the molecule is Cc1cccc(Cl)c1NC(=S)N(Cc1cccnc1)Cc1ccc2c(c1)OCO2. The number of thiocarbonyl (C=S) groups is 1. The Morgan fingerprint density at radius 1 is 1.10 bits per heavy atom. The average Bonchev–Trinajstić information content (AvgIpc) is 3.19. The molecule has 0 saturated carbocycles. The van der Waals surface area contributed by atoms with Gasteiger partial charge < -0.3 is 19.7 Å². The zero-order chi connectivity index (χ0) is 20.2. The van der Waals surface area contributed by atoms with E-state index in [4.69, 9.17) is 33.3 Å². The van der Waals surface area contributed by atoms with Gasteiger partial charge in [0.1, 0.15) is 0 Å². The Kier molecular flexibility index (Phi) is 5.83. The summed E-state index contributed by atoms with van der Waals surface area (Å²) >= 11 is 12.1. The van der Waals surface area contributed by atoms with Gasteiger partial charge in [0.2, 0.25) is 6.79 Å². The first-order valence-corrected chi connectivity index (χ1v) is 9.97. The minimum absolute atomic E-state index is 0.254. The van der Waals surface area contributed by atoms with Crippen LogP contribution in [0.2, 0.25) is 5.02 Å². The van der Waals surface area contributed by atoms with Gasteiger partial charge in [-0.1, -0.05) is 35.9 Å². The summed E-state index contributed by atoms with van der Waals surface area (Å²) < 4.78 is 10.9. The molecule has 148 valence electrons. The number of para-hydroxylation sites is 1. The molecule has 0 amide bonds. The van der Waals surface area contributed by atoms with Crippen LogP contribution in [0.3, 0.4) is 0 Å². The first-order chi connectivity index (χ1) is 14.1. The largest absolute Gasteiger partial charge is 0.454 e. The molecular formula is C22H20ClN3O2S. The van der Waals surface area contributed by atoms with Gasteiger partial charge in [0.25, 0.3) is 0 Å². The minimum atomic E-state index is 0.254. The molecule has 1 N–H and O–H groups in total. The third kappa shape index (κ3) is 4.60. The molecule has 1 aromatic heterocycles. The van der Waals surface area contributed by atoms with Gasteiger partial charge in [0.05, 0.1) is 10.7 Å². The number of pyridine rings is 1. The van der Waals surface area contributed by atoms with Crippen molar-refractivity contribution in [2.75, 3.05) is 12.1 Å². The van der Waals surface area contributed by atoms with Gasteiger partial charge in [-0.05, 0) is 60.1 Å². The molecule has 1 aliphatic rings. The predicted molar refractivity (Wildman–Crippen MR) is 118 cm³/mol. The Morgan fingerprint density at radius 3 is 2.72 bits per heavy atom. The van der Waals surface area contributed by atoms with Gasteiger partial charge in [0, 0.05) is 25.5 Å². The summed E-state index contributed by atoms with van der Waals surface area (Å²) in [4.78, 5) is 6.29. The van der Waals surface area contributed by atoms with Gasteiger partial charge in [-0.25, -0.2) is 0 Å². The Balaban J connectivity index is 1.58. The smallest absolute Gasteiger partial charge is 0.231 e. The lowest BCUT2D eigenvalue weighted by atomic mass is 10.1. The van der Waals surface area contributed by atoms with Crippen molar-refractivity contribution in [3.8, 4) is 11.5 Å². The van der Waals surface area contributed by atoms with E-state index in [1.165, 1.54) is 0 Å². The average molecular weight is 426 g/mol. The van der Waals surface area contributed by atoms with Crippen molar-refractivity contribution in [3.05, 3.63) is 82.6 Å². The van der Waals surface area contributed by atoms with Crippen molar-refractivity contribution in [1.82, 2.24) is 9.88 Å². The van der Waals surface area contributed by atoms with Crippen LogP contribution in [-0.2, 0) is 13.1 Å². The number of nitrogens with one attached hydrogen (secondary N) is 1. The Labute approximate surface area is 180 Å². The molecule has 0 unspecified atom stereocenters. The van der Waals surface area contributed by atoms with E-state index in [9.17, 15) is 0 Å². The Bertz CT molecular complexity index is 1010. The molecular weight excluding hydrogens is 406 g/mol. The second-order valence-electron chi connectivity index (χ2n) is 6.77. The molecule has 4 rings (SSSR count). The lowest BCUT2D eigenvalue weighted by Gasteiger charge is -2.27. The summed E-state index contributed by atoms with van der Waals surface area (Å²) in [5.74, 6) is 1.52. The summed E-state index contributed by atoms with van der Waals surface area (Å²) in [5.41, 5.74) is 3.98. The highest BCUT2D eigenvalue weighted by Gasteiger charge is 2.17. The molecule has 0 bridgehead atoms. The number of rotatable bonds is 5. The van der Waals surface area contributed by atoms with Crippen molar-refractivity contribution >= 4 is 34.6 Å². The zero-order valence-electron chi connectivity index (χ0n) is 15.9. The fraction of sp³-hybridized carbons (Fsp3) is 0.182. The minimum Gasteiger partial charge on any atom is -0.454 e. The van der Waals surface area contributed by atoms with Crippen LogP contribution in [-0.4, -0.2) is 21.8 Å². The van der Waals surface area contributed by atoms with Crippen LogP contribution in [0.5, 0.6) is 11.5 Å². The van der Waals surface area contributed by atoms with E-state index < -0.39 is 0 Å². The second-order valence-corrected chi connectivity index (χ2v) is 7.56. The molecule has 2 heterocycles. The monoisotopic (exact) mass is 425 g/mol. The Morgan fingerprint density at radius 2 is 1.93 bits per heavy atom. The van der Waals surface area contributed by atoms with Gasteiger partial charge in [-0.3, -0.25) is 4.98 Å². The van der Waals surface area contributed by atoms with Crippen molar-refractivity contribution in [1.29, 1.82) is 0 Å². The maximum absolute atomic E-state index is 6.38. The van der Waals surface area contributed by atoms with Gasteiger partial charge in [-0.2, -0.15) is 0 Å². The fourth-order valence-electron chi connectivity index (χ4n) is 3.15. The third-order valence-corrected chi connectivity index (χ3v) is 5.32. The fourth-order valence-corrected chi connectivity index (χ4v) is 3.65. The summed E-state index contributed by atoms with van der Waals surface area (Å²) in [5, 5.41) is 4.54. The lowest BCUT2D eigenvalue weighted by molar-refractivity contribution is 0.174. The van der Waals surface area contributed by atoms with Crippen LogP contribution in [0, 0.1) is 6.92 Å². The highest BCUT2D eigenvalue weighted by molar-refractivity contribution is 7.80.